The third-order valence-electron chi connectivity index (χ3n) is 3.14. The molecular weight excluding hydrogens is 136 g/mol. The fraction of sp³-hybridized carbons (Fsp3) is 1.00. The Labute approximate surface area is 69.8 Å². The molecule has 1 heteroatoms. The van der Waals surface area contributed by atoms with E-state index in [1.165, 1.54) is 12.8 Å². The van der Waals surface area contributed by atoms with Gasteiger partial charge in [0.15, 0.2) is 0 Å². The van der Waals surface area contributed by atoms with E-state index in [2.05, 4.69) is 20.8 Å². The lowest BCUT2D eigenvalue weighted by Gasteiger charge is -2.33. The van der Waals surface area contributed by atoms with Crippen molar-refractivity contribution in [1.29, 1.82) is 0 Å². The normalized spacial score (nSPS) is 39.5. The first-order chi connectivity index (χ1) is 5.11. The highest BCUT2D eigenvalue weighted by molar-refractivity contribution is 4.78. The Hall–Kier alpha value is -0.0400. The molecule has 0 spiro atoms. The van der Waals surface area contributed by atoms with Gasteiger partial charge in [-0.05, 0) is 37.0 Å². The molecule has 0 unspecified atom stereocenters. The third-order valence-corrected chi connectivity index (χ3v) is 3.14. The summed E-state index contributed by atoms with van der Waals surface area (Å²) in [7, 11) is 0. The van der Waals surface area contributed by atoms with Crippen LogP contribution >= 0.6 is 0 Å². The topological polar surface area (TPSA) is 20.2 Å². The molecule has 11 heavy (non-hydrogen) atoms. The van der Waals surface area contributed by atoms with Crippen LogP contribution in [0, 0.1) is 17.8 Å². The van der Waals surface area contributed by atoms with Crippen molar-refractivity contribution in [3.63, 3.8) is 0 Å². The average molecular weight is 156 g/mol. The Morgan fingerprint density at radius 3 is 2.36 bits per heavy atom. The van der Waals surface area contributed by atoms with Gasteiger partial charge in [-0.15, -0.1) is 0 Å². The number of hydrogen-bond acceptors (Lipinski definition) is 1. The van der Waals surface area contributed by atoms with E-state index >= 15 is 0 Å². The van der Waals surface area contributed by atoms with E-state index in [1.807, 2.05) is 0 Å². The van der Waals surface area contributed by atoms with Gasteiger partial charge in [0.25, 0.3) is 0 Å². The van der Waals surface area contributed by atoms with Crippen molar-refractivity contribution in [2.75, 3.05) is 0 Å². The molecule has 3 atom stereocenters. The van der Waals surface area contributed by atoms with Crippen molar-refractivity contribution in [3.8, 4) is 0 Å². The molecule has 1 saturated carbocycles. The minimum atomic E-state index is -0.0313. The number of rotatable bonds is 1. The molecule has 0 aromatic rings. The zero-order valence-electron chi connectivity index (χ0n) is 7.88. The Bertz CT molecular complexity index is 120. The van der Waals surface area contributed by atoms with Crippen LogP contribution in [0.25, 0.3) is 0 Å². The second kappa shape index (κ2) is 3.57. The summed E-state index contributed by atoms with van der Waals surface area (Å²) in [5, 5.41) is 9.60. The van der Waals surface area contributed by atoms with Gasteiger partial charge < -0.3 is 5.11 Å². The summed E-state index contributed by atoms with van der Waals surface area (Å²) in [6.07, 6.45) is 3.52. The highest BCUT2D eigenvalue weighted by Gasteiger charge is 2.27. The van der Waals surface area contributed by atoms with E-state index in [9.17, 15) is 5.11 Å². The molecule has 66 valence electrons. The summed E-state index contributed by atoms with van der Waals surface area (Å²) in [5.41, 5.74) is 0. The molecule has 0 aliphatic heterocycles. The molecule has 0 amide bonds. The maximum Gasteiger partial charge on any atom is 0.0568 e. The molecule has 0 radical (unpaired) electrons. The Morgan fingerprint density at radius 2 is 1.91 bits per heavy atom. The van der Waals surface area contributed by atoms with Crippen molar-refractivity contribution in [3.05, 3.63) is 0 Å². The summed E-state index contributed by atoms with van der Waals surface area (Å²) in [6.45, 7) is 6.67. The van der Waals surface area contributed by atoms with Crippen molar-refractivity contribution in [2.24, 2.45) is 17.8 Å². The van der Waals surface area contributed by atoms with Crippen LogP contribution in [0.3, 0.4) is 0 Å². The summed E-state index contributed by atoms with van der Waals surface area (Å²) in [4.78, 5) is 0. The molecule has 1 aliphatic carbocycles. The first-order valence-electron chi connectivity index (χ1n) is 4.79. The second-order valence-electron chi connectivity index (χ2n) is 4.36. The molecule has 1 N–H and O–H groups in total. The van der Waals surface area contributed by atoms with Gasteiger partial charge in [-0.3, -0.25) is 0 Å². The van der Waals surface area contributed by atoms with Crippen LogP contribution in [0.15, 0.2) is 0 Å². The molecule has 1 nitrogen and oxygen atoms in total. The van der Waals surface area contributed by atoms with E-state index in [1.54, 1.807) is 0 Å². The average Bonchev–Trinajstić information content (AvgIpc) is 1.94. The number of hydrogen-bond donors (Lipinski definition) is 1. The van der Waals surface area contributed by atoms with Crippen LogP contribution < -0.4 is 0 Å². The molecular formula is C10H20O. The lowest BCUT2D eigenvalue weighted by Crippen LogP contribution is -2.29. The number of aliphatic hydroxyl groups excluding tert-OH is 1. The van der Waals surface area contributed by atoms with Gasteiger partial charge in [0.1, 0.15) is 0 Å². The fourth-order valence-electron chi connectivity index (χ4n) is 1.94. The summed E-state index contributed by atoms with van der Waals surface area (Å²) in [6, 6.07) is 0. The molecule has 1 rings (SSSR count). The smallest absolute Gasteiger partial charge is 0.0568 e. The van der Waals surface area contributed by atoms with Crippen LogP contribution in [-0.4, -0.2) is 11.2 Å². The SMILES string of the molecule is CC(C)[C@H]1CC[C@H](C)[C@@H](O)C1. The quantitative estimate of drug-likeness (QED) is 0.618. The first kappa shape index (κ1) is 9.05. The predicted octanol–water partition coefficient (Wildman–Crippen LogP) is 2.44. The molecule has 0 aromatic heterocycles. The maximum atomic E-state index is 9.60. The van der Waals surface area contributed by atoms with Crippen LogP contribution in [0.1, 0.15) is 40.0 Å². The molecule has 1 aliphatic rings. The van der Waals surface area contributed by atoms with Gasteiger partial charge in [-0.2, -0.15) is 0 Å². The van der Waals surface area contributed by atoms with E-state index < -0.39 is 0 Å². The third kappa shape index (κ3) is 2.19. The Balaban J connectivity index is 2.40. The molecule has 0 aromatic carbocycles. The van der Waals surface area contributed by atoms with Gasteiger partial charge in [0.05, 0.1) is 6.10 Å². The van der Waals surface area contributed by atoms with E-state index in [0.717, 1.165) is 18.3 Å². The van der Waals surface area contributed by atoms with Crippen LogP contribution in [0.5, 0.6) is 0 Å². The van der Waals surface area contributed by atoms with Gasteiger partial charge >= 0.3 is 0 Å². The molecule has 1 fully saturated rings. The highest BCUT2D eigenvalue weighted by atomic mass is 16.3. The Morgan fingerprint density at radius 1 is 1.27 bits per heavy atom. The number of aliphatic hydroxyl groups is 1. The van der Waals surface area contributed by atoms with Crippen molar-refractivity contribution < 1.29 is 5.11 Å². The lowest BCUT2D eigenvalue weighted by atomic mass is 9.76. The highest BCUT2D eigenvalue weighted by Crippen LogP contribution is 2.32. The van der Waals surface area contributed by atoms with E-state index in [-0.39, 0.29) is 6.10 Å². The van der Waals surface area contributed by atoms with Gasteiger partial charge in [-0.25, -0.2) is 0 Å². The second-order valence-corrected chi connectivity index (χ2v) is 4.36. The van der Waals surface area contributed by atoms with E-state index in [0.29, 0.717) is 5.92 Å². The standard InChI is InChI=1S/C10H20O/c1-7(2)9-5-4-8(3)10(11)6-9/h7-11H,4-6H2,1-3H3/t8-,9-,10-/m0/s1. The Kier molecular flexibility index (Phi) is 2.94. The predicted molar refractivity (Wildman–Crippen MR) is 47.3 cm³/mol. The fourth-order valence-corrected chi connectivity index (χ4v) is 1.94. The zero-order valence-corrected chi connectivity index (χ0v) is 7.88. The van der Waals surface area contributed by atoms with Gasteiger partial charge in [0.2, 0.25) is 0 Å². The van der Waals surface area contributed by atoms with Crippen molar-refractivity contribution in [1.82, 2.24) is 0 Å². The monoisotopic (exact) mass is 156 g/mol. The van der Waals surface area contributed by atoms with Crippen LogP contribution in [0.4, 0.5) is 0 Å². The minimum absolute atomic E-state index is 0.0313. The maximum absolute atomic E-state index is 9.60. The molecule has 0 heterocycles. The van der Waals surface area contributed by atoms with Gasteiger partial charge in [-0.1, -0.05) is 20.8 Å². The van der Waals surface area contributed by atoms with Crippen LogP contribution in [-0.2, 0) is 0 Å². The van der Waals surface area contributed by atoms with Gasteiger partial charge in [0, 0.05) is 0 Å². The lowest BCUT2D eigenvalue weighted by molar-refractivity contribution is 0.0410. The summed E-state index contributed by atoms with van der Waals surface area (Å²) in [5.74, 6) is 2.04. The van der Waals surface area contributed by atoms with Crippen LogP contribution in [0.2, 0.25) is 0 Å². The first-order valence-corrected chi connectivity index (χ1v) is 4.79. The largest absolute Gasteiger partial charge is 0.393 e. The van der Waals surface area contributed by atoms with Crippen molar-refractivity contribution >= 4 is 0 Å². The van der Waals surface area contributed by atoms with Crippen molar-refractivity contribution in [2.45, 2.75) is 46.1 Å². The zero-order chi connectivity index (χ0) is 8.43. The summed E-state index contributed by atoms with van der Waals surface area (Å²) < 4.78 is 0. The molecule has 0 bridgehead atoms. The summed E-state index contributed by atoms with van der Waals surface area (Å²) >= 11 is 0. The minimum Gasteiger partial charge on any atom is -0.393 e. The van der Waals surface area contributed by atoms with E-state index in [4.69, 9.17) is 0 Å². The molecule has 0 saturated heterocycles.